The molecule has 19 nitrogen and oxygen atoms in total. The molecule has 3 aliphatic heterocycles. The van der Waals surface area contributed by atoms with E-state index in [0.29, 0.717) is 35.8 Å². The molecule has 23 heteroatoms. The molecule has 3 aromatic carbocycles. The molecule has 0 N–H and O–H groups in total. The molecule has 436 valence electrons. The summed E-state index contributed by atoms with van der Waals surface area (Å²) in [6.07, 6.45) is 13.6. The zero-order chi connectivity index (χ0) is 59.2. The maximum Gasteiger partial charge on any atom is 0.232 e. The SMILES string of the molecule is COc1ccc(-n2c(C)nnc2N2CC(n3cc(C)c4cc(F)ccc43)C2)cn1.COc1ccc(-n2c(C)nnc2N2CC(n3cc(C)c4cc(F)ccc43)C2)cn1.COc1ccc(N=C(SC)N2CC(n3cc(C)c4cc(F)ccc43)C2)cn1. The van der Waals surface area contributed by atoms with Gasteiger partial charge in [-0.05, 0) is 130 Å². The first kappa shape index (κ1) is 56.1. The zero-order valence-corrected chi connectivity index (χ0v) is 49.3. The number of benzene rings is 3. The maximum atomic E-state index is 13.6. The molecule has 0 bridgehead atoms. The first-order valence-corrected chi connectivity index (χ1v) is 28.9. The predicted octanol–water partition coefficient (Wildman–Crippen LogP) is 11.3. The number of pyridine rings is 3. The summed E-state index contributed by atoms with van der Waals surface area (Å²) in [5, 5.41) is 21.2. The van der Waals surface area contributed by atoms with Crippen molar-refractivity contribution in [1.29, 1.82) is 0 Å². The second-order valence-corrected chi connectivity index (χ2v) is 22.1. The summed E-state index contributed by atoms with van der Waals surface area (Å²) in [7, 11) is 4.79. The van der Waals surface area contributed by atoms with Crippen LogP contribution in [0.2, 0.25) is 0 Å². The van der Waals surface area contributed by atoms with Gasteiger partial charge in [0, 0.05) is 109 Å². The van der Waals surface area contributed by atoms with Gasteiger partial charge in [-0.15, -0.1) is 20.4 Å². The fourth-order valence-electron chi connectivity index (χ4n) is 11.4. The van der Waals surface area contributed by atoms with Gasteiger partial charge >= 0.3 is 0 Å². The van der Waals surface area contributed by atoms with Crippen LogP contribution in [0.5, 0.6) is 17.6 Å². The van der Waals surface area contributed by atoms with Crippen LogP contribution in [0, 0.1) is 52.1 Å². The summed E-state index contributed by atoms with van der Waals surface area (Å²) in [5.41, 5.74) is 9.07. The lowest BCUT2D eigenvalue weighted by molar-refractivity contribution is 0.201. The van der Waals surface area contributed by atoms with E-state index in [1.165, 1.54) is 18.2 Å². The second kappa shape index (κ2) is 23.3. The first-order chi connectivity index (χ1) is 41.2. The van der Waals surface area contributed by atoms with Crippen LogP contribution in [0.3, 0.4) is 0 Å². The van der Waals surface area contributed by atoms with Crippen molar-refractivity contribution in [2.45, 2.75) is 52.7 Å². The van der Waals surface area contributed by atoms with Crippen LogP contribution >= 0.6 is 11.8 Å². The van der Waals surface area contributed by atoms with Crippen LogP contribution in [0.15, 0.2) is 133 Å². The van der Waals surface area contributed by atoms with Gasteiger partial charge in [0.2, 0.25) is 29.5 Å². The number of aromatic nitrogens is 12. The normalized spacial score (nSPS) is 14.7. The van der Waals surface area contributed by atoms with E-state index in [9.17, 15) is 13.2 Å². The molecule has 85 heavy (non-hydrogen) atoms. The number of nitrogens with zero attached hydrogens (tertiary/aromatic N) is 16. The average Bonchev–Trinajstić information content (AvgIpc) is 2.85. The minimum Gasteiger partial charge on any atom is -0.481 e. The average molecular weight is 1170 g/mol. The Balaban J connectivity index is 0.000000125. The van der Waals surface area contributed by atoms with Crippen molar-refractivity contribution in [3.63, 3.8) is 0 Å². The Morgan fingerprint density at radius 2 is 0.859 bits per heavy atom. The van der Waals surface area contributed by atoms with Gasteiger partial charge < -0.3 is 42.6 Å². The zero-order valence-electron chi connectivity index (χ0n) is 48.5. The highest BCUT2D eigenvalue weighted by Crippen LogP contribution is 2.37. The monoisotopic (exact) mass is 1170 g/mol. The lowest BCUT2D eigenvalue weighted by Gasteiger charge is -2.41. The Kier molecular flexibility index (Phi) is 15.4. The van der Waals surface area contributed by atoms with Gasteiger partial charge in [0.1, 0.15) is 29.1 Å². The number of likely N-dealkylation sites (tertiary alicyclic amines) is 1. The summed E-state index contributed by atoms with van der Waals surface area (Å²) in [5.74, 6) is 4.30. The summed E-state index contributed by atoms with van der Waals surface area (Å²) < 4.78 is 66.9. The van der Waals surface area contributed by atoms with Crippen LogP contribution < -0.4 is 24.0 Å². The van der Waals surface area contributed by atoms with Gasteiger partial charge in [-0.2, -0.15) is 0 Å². The number of anilines is 2. The van der Waals surface area contributed by atoms with Gasteiger partial charge in [-0.3, -0.25) is 9.13 Å². The van der Waals surface area contributed by atoms with Crippen LogP contribution in [0.25, 0.3) is 44.1 Å². The third kappa shape index (κ3) is 10.9. The first-order valence-electron chi connectivity index (χ1n) is 27.7. The van der Waals surface area contributed by atoms with Gasteiger partial charge in [0.25, 0.3) is 0 Å². The number of aryl methyl sites for hydroxylation is 5. The molecule has 0 atom stereocenters. The van der Waals surface area contributed by atoms with Crippen molar-refractivity contribution in [3.8, 4) is 29.0 Å². The number of fused-ring (bicyclic) bond motifs is 3. The summed E-state index contributed by atoms with van der Waals surface area (Å²) in [6.45, 7) is 14.9. The van der Waals surface area contributed by atoms with Crippen molar-refractivity contribution >= 4 is 67.2 Å². The van der Waals surface area contributed by atoms with Gasteiger partial charge in [0.05, 0.1) is 75.1 Å². The molecule has 3 fully saturated rings. The largest absolute Gasteiger partial charge is 0.481 e. The number of hydrogen-bond acceptors (Lipinski definition) is 14. The number of rotatable bonds is 11. The molecule has 0 amide bonds. The highest BCUT2D eigenvalue weighted by molar-refractivity contribution is 8.13. The molecule has 0 unspecified atom stereocenters. The molecular formula is C62H63F3N16O3S. The molecule has 3 saturated heterocycles. The van der Waals surface area contributed by atoms with Crippen molar-refractivity contribution < 1.29 is 27.4 Å². The topological polar surface area (TPSA) is 165 Å². The minimum absolute atomic E-state index is 0.191. The number of aliphatic imine (C=N–C) groups is 1. The lowest BCUT2D eigenvalue weighted by atomic mass is 10.1. The number of amidine groups is 1. The van der Waals surface area contributed by atoms with E-state index in [1.54, 1.807) is 69.9 Å². The van der Waals surface area contributed by atoms with Crippen molar-refractivity contribution in [3.05, 3.63) is 174 Å². The molecule has 0 saturated carbocycles. The van der Waals surface area contributed by atoms with E-state index in [1.807, 2.05) is 105 Å². The van der Waals surface area contributed by atoms with E-state index < -0.39 is 0 Å². The van der Waals surface area contributed by atoms with E-state index in [2.05, 4.69) is 82.3 Å². The third-order valence-electron chi connectivity index (χ3n) is 15.9. The highest BCUT2D eigenvalue weighted by atomic mass is 32.2. The van der Waals surface area contributed by atoms with Crippen molar-refractivity contribution in [1.82, 2.24) is 63.1 Å². The van der Waals surface area contributed by atoms with E-state index >= 15 is 0 Å². The molecule has 0 radical (unpaired) electrons. The Bertz CT molecular complexity index is 4040. The van der Waals surface area contributed by atoms with E-state index in [-0.39, 0.29) is 17.5 Å². The second-order valence-electron chi connectivity index (χ2n) is 21.4. The molecule has 14 rings (SSSR count). The molecule has 11 aromatic rings. The van der Waals surface area contributed by atoms with Crippen LogP contribution in [-0.2, 0) is 0 Å². The number of methoxy groups -OCH3 is 3. The van der Waals surface area contributed by atoms with Gasteiger partial charge in [0.15, 0.2) is 5.17 Å². The standard InChI is InChI=1S/2C21H21FN6O.C20H21FN4OS/c2*1-13-10-27(19-6-4-15(22)8-18(13)19)17-11-26(12-17)21-25-24-14(2)28(21)16-5-7-20(29-3)23-9-16;1-13-10-25(18-6-4-14(21)8-17(13)18)16-11-24(12-16)20(27-3)23-15-5-7-19(26-2)22-9-15/h2*4-10,17H,11-12H2,1-3H3;4-10,16H,11-12H2,1-3H3. The van der Waals surface area contributed by atoms with Crippen LogP contribution in [0.4, 0.5) is 30.8 Å². The maximum absolute atomic E-state index is 13.6. The Morgan fingerprint density at radius 3 is 1.20 bits per heavy atom. The third-order valence-corrected chi connectivity index (χ3v) is 16.6. The molecule has 3 aliphatic rings. The molecule has 11 heterocycles. The number of thioether (sulfide) groups is 1. The fourth-order valence-corrected chi connectivity index (χ4v) is 12.0. The quantitative estimate of drug-likeness (QED) is 0.0887. The Labute approximate surface area is 493 Å². The fraction of sp³-hybridized carbons (Fsp3) is 0.290. The Hall–Kier alpha value is -9.38. The predicted molar refractivity (Wildman–Crippen MR) is 325 cm³/mol. The highest BCUT2D eigenvalue weighted by Gasteiger charge is 2.36. The molecular weight excluding hydrogens is 1110 g/mol. The number of halogens is 3. The molecule has 8 aromatic heterocycles. The van der Waals surface area contributed by atoms with Gasteiger partial charge in [-0.25, -0.2) is 33.1 Å². The Morgan fingerprint density at radius 1 is 0.482 bits per heavy atom. The summed E-state index contributed by atoms with van der Waals surface area (Å²) in [6, 6.07) is 27.2. The van der Waals surface area contributed by atoms with Crippen molar-refractivity contribution in [2.24, 2.45) is 4.99 Å². The summed E-state index contributed by atoms with van der Waals surface area (Å²) >= 11 is 1.62. The minimum atomic E-state index is -0.203. The smallest absolute Gasteiger partial charge is 0.232 e. The summed E-state index contributed by atoms with van der Waals surface area (Å²) in [4.78, 5) is 24.1. The van der Waals surface area contributed by atoms with Crippen molar-refractivity contribution in [2.75, 3.05) is 76.7 Å². The van der Waals surface area contributed by atoms with Crippen LogP contribution in [0.1, 0.15) is 46.5 Å². The number of hydrogen-bond donors (Lipinski definition) is 0. The number of ether oxygens (including phenoxy) is 3. The molecule has 0 spiro atoms. The van der Waals surface area contributed by atoms with Gasteiger partial charge in [-0.1, -0.05) is 11.8 Å². The van der Waals surface area contributed by atoms with Crippen LogP contribution in [-0.4, -0.2) is 135 Å². The lowest BCUT2D eigenvalue weighted by Crippen LogP contribution is -2.49. The van der Waals surface area contributed by atoms with E-state index in [4.69, 9.17) is 19.2 Å². The van der Waals surface area contributed by atoms with E-state index in [0.717, 1.165) is 134 Å². The molecule has 0 aliphatic carbocycles.